The highest BCUT2D eigenvalue weighted by Gasteiger charge is 2.37. The fourth-order valence-corrected chi connectivity index (χ4v) is 3.58. The van der Waals surface area contributed by atoms with E-state index in [0.29, 0.717) is 5.04 Å². The van der Waals surface area contributed by atoms with E-state index in [-0.39, 0.29) is 0 Å². The zero-order chi connectivity index (χ0) is 14.5. The van der Waals surface area contributed by atoms with Crippen LogP contribution in [0, 0.1) is 11.8 Å². The van der Waals surface area contributed by atoms with Crippen molar-refractivity contribution in [2.45, 2.75) is 71.5 Å². The molecule has 0 aromatic carbocycles. The van der Waals surface area contributed by atoms with Gasteiger partial charge in [0.1, 0.15) is 0 Å². The molecule has 2 nitrogen and oxygen atoms in total. The summed E-state index contributed by atoms with van der Waals surface area (Å²) in [6, 6.07) is 0. The second-order valence-corrected chi connectivity index (χ2v) is 12.6. The van der Waals surface area contributed by atoms with E-state index in [1.807, 2.05) is 0 Å². The van der Waals surface area contributed by atoms with Gasteiger partial charge in [0.05, 0.1) is 0 Å². The Kier molecular flexibility index (Phi) is 6.54. The largest absolute Gasteiger partial charge is 0.417 e. The van der Waals surface area contributed by atoms with Gasteiger partial charge in [-0.1, -0.05) is 27.7 Å². The first-order valence-corrected chi connectivity index (χ1v) is 11.0. The number of nitrogens with one attached hydrogen (secondary N) is 1. The van der Waals surface area contributed by atoms with Crippen molar-refractivity contribution >= 4 is 8.32 Å². The lowest BCUT2D eigenvalue weighted by molar-refractivity contribution is 0.170. The molecule has 0 aromatic rings. The van der Waals surface area contributed by atoms with E-state index in [1.54, 1.807) is 0 Å². The molecule has 1 aliphatic carbocycles. The molecule has 0 atom stereocenters. The zero-order valence-electron chi connectivity index (χ0n) is 14.0. The van der Waals surface area contributed by atoms with Crippen LogP contribution < -0.4 is 5.32 Å². The fraction of sp³-hybridized carbons (Fsp3) is 1.00. The first kappa shape index (κ1) is 17.2. The summed E-state index contributed by atoms with van der Waals surface area (Å²) in [6.45, 7) is 17.2. The van der Waals surface area contributed by atoms with Crippen molar-refractivity contribution in [1.82, 2.24) is 5.32 Å². The SMILES string of the molecule is CCNCC1CCC(CO[Si](C)(C)C(C)(C)C)CC1. The Hall–Kier alpha value is 0.137. The van der Waals surface area contributed by atoms with Crippen LogP contribution in [-0.4, -0.2) is 28.0 Å². The summed E-state index contributed by atoms with van der Waals surface area (Å²) in [7, 11) is -1.54. The predicted octanol–water partition coefficient (Wildman–Crippen LogP) is 4.42. The molecule has 1 fully saturated rings. The van der Waals surface area contributed by atoms with Crippen LogP contribution >= 0.6 is 0 Å². The smallest absolute Gasteiger partial charge is 0.191 e. The van der Waals surface area contributed by atoms with Crippen LogP contribution in [0.2, 0.25) is 18.1 Å². The summed E-state index contributed by atoms with van der Waals surface area (Å²) < 4.78 is 6.37. The quantitative estimate of drug-likeness (QED) is 0.729. The second-order valence-electron chi connectivity index (χ2n) is 7.77. The third-order valence-electron chi connectivity index (χ3n) is 5.14. The van der Waals surface area contributed by atoms with Crippen LogP contribution in [0.15, 0.2) is 0 Å². The van der Waals surface area contributed by atoms with Crippen molar-refractivity contribution in [2.75, 3.05) is 19.7 Å². The Morgan fingerprint density at radius 3 is 2.05 bits per heavy atom. The Morgan fingerprint density at radius 2 is 1.58 bits per heavy atom. The van der Waals surface area contributed by atoms with Crippen molar-refractivity contribution in [3.8, 4) is 0 Å². The predicted molar refractivity (Wildman–Crippen MR) is 87.1 cm³/mol. The maximum atomic E-state index is 6.37. The molecule has 114 valence electrons. The first-order valence-electron chi connectivity index (χ1n) is 8.11. The van der Waals surface area contributed by atoms with Crippen molar-refractivity contribution in [3.05, 3.63) is 0 Å². The van der Waals surface area contributed by atoms with Crippen molar-refractivity contribution in [1.29, 1.82) is 0 Å². The van der Waals surface area contributed by atoms with Crippen molar-refractivity contribution in [2.24, 2.45) is 11.8 Å². The van der Waals surface area contributed by atoms with E-state index >= 15 is 0 Å². The first-order chi connectivity index (χ1) is 8.76. The summed E-state index contributed by atoms with van der Waals surface area (Å²) in [5.41, 5.74) is 0. The summed E-state index contributed by atoms with van der Waals surface area (Å²) in [4.78, 5) is 0. The maximum absolute atomic E-state index is 6.37. The molecule has 0 spiro atoms. The monoisotopic (exact) mass is 285 g/mol. The van der Waals surface area contributed by atoms with Gasteiger partial charge in [0.2, 0.25) is 0 Å². The normalized spacial score (nSPS) is 25.6. The van der Waals surface area contributed by atoms with Gasteiger partial charge in [-0.3, -0.25) is 0 Å². The minimum Gasteiger partial charge on any atom is -0.417 e. The van der Waals surface area contributed by atoms with Gasteiger partial charge in [-0.15, -0.1) is 0 Å². The van der Waals surface area contributed by atoms with Crippen LogP contribution in [0.4, 0.5) is 0 Å². The van der Waals surface area contributed by atoms with Gasteiger partial charge in [0.25, 0.3) is 0 Å². The van der Waals surface area contributed by atoms with E-state index in [4.69, 9.17) is 4.43 Å². The van der Waals surface area contributed by atoms with E-state index in [9.17, 15) is 0 Å². The maximum Gasteiger partial charge on any atom is 0.191 e. The second kappa shape index (κ2) is 7.23. The fourth-order valence-electron chi connectivity index (χ4n) is 2.49. The topological polar surface area (TPSA) is 21.3 Å². The number of rotatable bonds is 6. The molecule has 0 aliphatic heterocycles. The molecule has 1 saturated carbocycles. The average molecular weight is 286 g/mol. The van der Waals surface area contributed by atoms with Gasteiger partial charge in [-0.2, -0.15) is 0 Å². The van der Waals surface area contributed by atoms with Gasteiger partial charge < -0.3 is 9.74 Å². The van der Waals surface area contributed by atoms with Gasteiger partial charge in [0, 0.05) is 6.61 Å². The lowest BCUT2D eigenvalue weighted by Gasteiger charge is -2.38. The third kappa shape index (κ3) is 5.56. The van der Waals surface area contributed by atoms with E-state index < -0.39 is 8.32 Å². The lowest BCUT2D eigenvalue weighted by Crippen LogP contribution is -2.42. The van der Waals surface area contributed by atoms with Crippen molar-refractivity contribution in [3.63, 3.8) is 0 Å². The minimum absolute atomic E-state index is 0.343. The molecule has 0 heterocycles. The van der Waals surface area contributed by atoms with Crippen molar-refractivity contribution < 1.29 is 4.43 Å². The summed E-state index contributed by atoms with van der Waals surface area (Å²) in [5, 5.41) is 3.83. The molecule has 0 amide bonds. The number of hydrogen-bond acceptors (Lipinski definition) is 2. The van der Waals surface area contributed by atoms with Crippen LogP contribution in [0.5, 0.6) is 0 Å². The Labute approximate surface area is 121 Å². The third-order valence-corrected chi connectivity index (χ3v) is 9.64. The standard InChI is InChI=1S/C16H35NOSi/c1-7-17-12-14-8-10-15(11-9-14)13-18-19(5,6)16(2,3)4/h14-15,17H,7-13H2,1-6H3. The zero-order valence-corrected chi connectivity index (χ0v) is 15.0. The highest BCUT2D eigenvalue weighted by Crippen LogP contribution is 2.38. The van der Waals surface area contributed by atoms with E-state index in [2.05, 4.69) is 46.1 Å². The molecular formula is C16H35NOSi. The summed E-state index contributed by atoms with van der Waals surface area (Å²) in [6.07, 6.45) is 5.51. The molecule has 1 N–H and O–H groups in total. The molecule has 3 heteroatoms. The van der Waals surface area contributed by atoms with Gasteiger partial charge in [-0.25, -0.2) is 0 Å². The molecule has 0 aromatic heterocycles. The minimum atomic E-state index is -1.54. The molecule has 0 radical (unpaired) electrons. The van der Waals surface area contributed by atoms with Crippen LogP contribution in [-0.2, 0) is 4.43 Å². The molecule has 1 rings (SSSR count). The van der Waals surface area contributed by atoms with Gasteiger partial charge in [-0.05, 0) is 68.7 Å². The Bertz CT molecular complexity index is 252. The molecule has 0 saturated heterocycles. The van der Waals surface area contributed by atoms with Gasteiger partial charge >= 0.3 is 0 Å². The molecular weight excluding hydrogens is 250 g/mol. The molecule has 1 aliphatic rings. The highest BCUT2D eigenvalue weighted by molar-refractivity contribution is 6.74. The Balaban J connectivity index is 2.26. The lowest BCUT2D eigenvalue weighted by atomic mass is 9.82. The Morgan fingerprint density at radius 1 is 1.05 bits per heavy atom. The number of hydrogen-bond donors (Lipinski definition) is 1. The van der Waals surface area contributed by atoms with Gasteiger partial charge in [0.15, 0.2) is 8.32 Å². The molecule has 19 heavy (non-hydrogen) atoms. The summed E-state index contributed by atoms with van der Waals surface area (Å²) in [5.74, 6) is 1.72. The summed E-state index contributed by atoms with van der Waals surface area (Å²) >= 11 is 0. The van der Waals surface area contributed by atoms with Crippen LogP contribution in [0.3, 0.4) is 0 Å². The molecule has 0 bridgehead atoms. The van der Waals surface area contributed by atoms with E-state index in [1.165, 1.54) is 32.2 Å². The average Bonchev–Trinajstić information content (AvgIpc) is 2.34. The van der Waals surface area contributed by atoms with Crippen LogP contribution in [0.25, 0.3) is 0 Å². The van der Waals surface area contributed by atoms with Crippen LogP contribution in [0.1, 0.15) is 53.4 Å². The highest BCUT2D eigenvalue weighted by atomic mass is 28.4. The van der Waals surface area contributed by atoms with E-state index in [0.717, 1.165) is 25.0 Å². The molecule has 0 unspecified atom stereocenters.